The van der Waals surface area contributed by atoms with Gasteiger partial charge in [0.1, 0.15) is 0 Å². The molecule has 0 aromatic carbocycles. The molecule has 0 atom stereocenters. The van der Waals surface area contributed by atoms with Crippen molar-refractivity contribution in [3.63, 3.8) is 0 Å². The number of amides is 2. The number of primary amides is 1. The number of rotatable bonds is 3. The number of carbonyl (C=O) groups excluding carboxylic acids is 1. The first-order chi connectivity index (χ1) is 5.55. The molecular weight excluding hydrogens is 267 g/mol. The molecule has 14 heavy (non-hydrogen) atoms. The Balaban J connectivity index is 0. The molecule has 0 heterocycles. The number of hydrogen-bond acceptors (Lipinski definition) is 5. The largest absolute Gasteiger partial charge is 1.00 e. The van der Waals surface area contributed by atoms with E-state index in [4.69, 9.17) is 9.11 Å². The van der Waals surface area contributed by atoms with Crippen LogP contribution in [-0.4, -0.2) is 36.7 Å². The van der Waals surface area contributed by atoms with E-state index in [2.05, 4.69) is 5.73 Å². The maximum Gasteiger partial charge on any atom is 1.00 e. The van der Waals surface area contributed by atoms with Gasteiger partial charge in [-0.15, -0.1) is 0 Å². The molecule has 12 heteroatoms. The molecule has 0 spiro atoms. The normalized spacial score (nSPS) is 11.9. The predicted octanol–water partition coefficient (Wildman–Crippen LogP) is -5.28. The van der Waals surface area contributed by atoms with Crippen LogP contribution in [0, 0.1) is 0 Å². The summed E-state index contributed by atoms with van der Waals surface area (Å²) >= 11 is 0. The molecule has 0 bridgehead atoms. The summed E-state index contributed by atoms with van der Waals surface area (Å²) in [7, 11) is -10.3. The average molecular weight is 273 g/mol. The molecule has 0 rings (SSSR count). The molecule has 0 aliphatic heterocycles. The number of nitrogens with two attached hydrogens (primary N) is 1. The second-order valence-electron chi connectivity index (χ2n) is 1.87. The van der Waals surface area contributed by atoms with Crippen molar-refractivity contribution in [1.29, 1.82) is 0 Å². The molecular formula is C2H6KN2O7S2+. The van der Waals surface area contributed by atoms with E-state index in [-0.39, 0.29) is 51.4 Å². The van der Waals surface area contributed by atoms with Crippen molar-refractivity contribution in [2.75, 3.05) is 0 Å². The summed E-state index contributed by atoms with van der Waals surface area (Å²) in [5.41, 5.74) is 4.39. The summed E-state index contributed by atoms with van der Waals surface area (Å²) in [4.78, 5) is 10.1. The maximum absolute atomic E-state index is 10.3. The molecule has 0 unspecified atom stereocenters. The summed E-state index contributed by atoms with van der Waals surface area (Å²) in [6.07, 6.45) is 0. The smallest absolute Gasteiger partial charge is 0.352 e. The number of urea groups is 1. The van der Waals surface area contributed by atoms with Crippen molar-refractivity contribution in [1.82, 2.24) is 5.32 Å². The topological polar surface area (TPSA) is 164 Å². The summed E-state index contributed by atoms with van der Waals surface area (Å²) in [5.74, 6) is 0. The standard InChI is InChI=1S/C2H6N2O7S2.K/c3-1(5)4-2(12(6,7)8)13(9,10)11;/h2H,(H3,3,4,5)(H,6,7,8)(H,9,10,11);/q;+1. The van der Waals surface area contributed by atoms with Crippen LogP contribution in [0.4, 0.5) is 4.79 Å². The van der Waals surface area contributed by atoms with Crippen molar-refractivity contribution in [2.24, 2.45) is 5.73 Å². The Kier molecular flexibility index (Phi) is 6.99. The van der Waals surface area contributed by atoms with Gasteiger partial charge in [0.05, 0.1) is 0 Å². The second-order valence-corrected chi connectivity index (χ2v) is 5.17. The summed E-state index contributed by atoms with van der Waals surface area (Å²) in [5, 5.41) is 1.12. The Morgan fingerprint density at radius 3 is 1.50 bits per heavy atom. The van der Waals surface area contributed by atoms with Crippen LogP contribution in [0.1, 0.15) is 0 Å². The third kappa shape index (κ3) is 6.26. The number of nitrogens with one attached hydrogen (secondary N) is 1. The number of carbonyl (C=O) groups is 1. The van der Waals surface area contributed by atoms with Crippen molar-refractivity contribution < 1.29 is 82.1 Å². The van der Waals surface area contributed by atoms with Crippen molar-refractivity contribution in [2.45, 2.75) is 4.71 Å². The van der Waals surface area contributed by atoms with E-state index in [1.807, 2.05) is 0 Å². The van der Waals surface area contributed by atoms with Crippen molar-refractivity contribution in [3.05, 3.63) is 0 Å². The van der Waals surface area contributed by atoms with E-state index in [1.165, 1.54) is 0 Å². The van der Waals surface area contributed by atoms with Gasteiger partial charge in [-0.1, -0.05) is 0 Å². The summed E-state index contributed by atoms with van der Waals surface area (Å²) in [6.45, 7) is 0. The molecule has 0 aromatic heterocycles. The molecule has 0 saturated heterocycles. The Morgan fingerprint density at radius 1 is 1.14 bits per heavy atom. The van der Waals surface area contributed by atoms with Crippen LogP contribution in [0.5, 0.6) is 0 Å². The van der Waals surface area contributed by atoms with Gasteiger partial charge in [0, 0.05) is 0 Å². The minimum absolute atomic E-state index is 0. The van der Waals surface area contributed by atoms with Gasteiger partial charge in [-0.25, -0.2) is 4.79 Å². The van der Waals surface area contributed by atoms with E-state index < -0.39 is 31.0 Å². The minimum atomic E-state index is -5.17. The van der Waals surface area contributed by atoms with E-state index in [0.717, 1.165) is 5.32 Å². The maximum atomic E-state index is 10.3. The van der Waals surface area contributed by atoms with Crippen LogP contribution < -0.4 is 62.4 Å². The molecule has 0 radical (unpaired) electrons. The minimum Gasteiger partial charge on any atom is -0.352 e. The van der Waals surface area contributed by atoms with E-state index in [0.29, 0.717) is 0 Å². The Morgan fingerprint density at radius 2 is 1.43 bits per heavy atom. The predicted molar refractivity (Wildman–Crippen MR) is 39.6 cm³/mol. The summed E-state index contributed by atoms with van der Waals surface area (Å²) in [6, 6.07) is -1.53. The first-order valence-electron chi connectivity index (χ1n) is 2.53. The van der Waals surface area contributed by atoms with Crippen molar-refractivity contribution in [3.8, 4) is 0 Å². The molecule has 0 saturated carbocycles. The Labute approximate surface area is 122 Å². The van der Waals surface area contributed by atoms with Gasteiger partial charge >= 0.3 is 77.7 Å². The fraction of sp³-hybridized carbons (Fsp3) is 0.500. The van der Waals surface area contributed by atoms with Crippen LogP contribution in [0.25, 0.3) is 0 Å². The number of hydrogen-bond donors (Lipinski definition) is 4. The van der Waals surface area contributed by atoms with E-state index >= 15 is 0 Å². The zero-order valence-electron chi connectivity index (χ0n) is 6.91. The fourth-order valence-corrected chi connectivity index (χ4v) is 2.18. The van der Waals surface area contributed by atoms with Crippen molar-refractivity contribution >= 4 is 26.3 Å². The van der Waals surface area contributed by atoms with Crippen LogP contribution in [-0.2, 0) is 20.2 Å². The van der Waals surface area contributed by atoms with Crippen LogP contribution in [0.2, 0.25) is 0 Å². The second kappa shape index (κ2) is 5.71. The van der Waals surface area contributed by atoms with Gasteiger partial charge in [-0.2, -0.15) is 16.8 Å². The van der Waals surface area contributed by atoms with Gasteiger partial charge in [0.15, 0.2) is 0 Å². The molecule has 78 valence electrons. The van der Waals surface area contributed by atoms with Gasteiger partial charge in [-0.05, 0) is 0 Å². The zero-order valence-corrected chi connectivity index (χ0v) is 11.7. The van der Waals surface area contributed by atoms with Gasteiger partial charge in [0.25, 0.3) is 4.71 Å². The van der Waals surface area contributed by atoms with E-state index in [1.54, 1.807) is 0 Å². The zero-order chi connectivity index (χ0) is 10.9. The van der Waals surface area contributed by atoms with Crippen LogP contribution >= 0.6 is 0 Å². The Hall–Kier alpha value is 0.726. The molecule has 0 aromatic rings. The van der Waals surface area contributed by atoms with Gasteiger partial charge in [0.2, 0.25) is 0 Å². The average Bonchev–Trinajstić information content (AvgIpc) is 1.77. The molecule has 2 amide bonds. The molecule has 0 fully saturated rings. The monoisotopic (exact) mass is 273 g/mol. The Bertz CT molecular complexity index is 365. The fourth-order valence-electron chi connectivity index (χ4n) is 0.419. The first kappa shape index (κ1) is 17.1. The van der Waals surface area contributed by atoms with Crippen LogP contribution in [0.15, 0.2) is 0 Å². The van der Waals surface area contributed by atoms with E-state index in [9.17, 15) is 21.6 Å². The van der Waals surface area contributed by atoms with Gasteiger partial charge < -0.3 is 11.1 Å². The molecule has 5 N–H and O–H groups in total. The third-order valence-electron chi connectivity index (χ3n) is 0.801. The molecule has 0 aliphatic carbocycles. The molecule has 0 aliphatic rings. The van der Waals surface area contributed by atoms with Crippen LogP contribution in [0.3, 0.4) is 0 Å². The quantitative estimate of drug-likeness (QED) is 0.294. The van der Waals surface area contributed by atoms with Gasteiger partial charge in [-0.3, -0.25) is 9.11 Å². The summed E-state index contributed by atoms with van der Waals surface area (Å²) < 4.78 is 54.6. The SMILES string of the molecule is NC(=O)NC(S(=O)(=O)O)S(=O)(=O)O.[K+]. The third-order valence-corrected chi connectivity index (χ3v) is 3.58. The first-order valence-corrected chi connectivity index (χ1v) is 5.54. The molecule has 9 nitrogen and oxygen atoms in total.